The van der Waals surface area contributed by atoms with Crippen molar-refractivity contribution in [1.82, 2.24) is 0 Å². The van der Waals surface area contributed by atoms with Gasteiger partial charge in [0.25, 0.3) is 0 Å². The van der Waals surface area contributed by atoms with Gasteiger partial charge in [-0.15, -0.1) is 0 Å². The van der Waals surface area contributed by atoms with Crippen molar-refractivity contribution in [3.63, 3.8) is 0 Å². The van der Waals surface area contributed by atoms with Crippen LogP contribution in [0.2, 0.25) is 0 Å². The summed E-state index contributed by atoms with van der Waals surface area (Å²) in [6, 6.07) is 2.24. The number of carboxylic acids is 1. The molecule has 1 aromatic rings. The molecular formula is C13H12F3NO3. The van der Waals surface area contributed by atoms with Crippen molar-refractivity contribution in [1.29, 1.82) is 0 Å². The zero-order valence-electron chi connectivity index (χ0n) is 10.3. The van der Waals surface area contributed by atoms with E-state index >= 15 is 0 Å². The zero-order chi connectivity index (χ0) is 14.9. The number of hydrogen-bond acceptors (Lipinski definition) is 2. The second kappa shape index (κ2) is 5.15. The molecule has 0 saturated heterocycles. The van der Waals surface area contributed by atoms with E-state index in [-0.39, 0.29) is 18.0 Å². The van der Waals surface area contributed by atoms with E-state index in [9.17, 15) is 22.8 Å². The molecule has 2 rings (SSSR count). The summed E-state index contributed by atoms with van der Waals surface area (Å²) in [5, 5.41) is 11.3. The molecule has 0 heterocycles. The molecule has 0 aromatic heterocycles. The highest BCUT2D eigenvalue weighted by Crippen LogP contribution is 2.34. The quantitative estimate of drug-likeness (QED) is 0.894. The van der Waals surface area contributed by atoms with Crippen LogP contribution in [0.4, 0.5) is 18.9 Å². The summed E-state index contributed by atoms with van der Waals surface area (Å²) in [5.41, 5.74) is -1.74. The van der Waals surface area contributed by atoms with Gasteiger partial charge in [-0.3, -0.25) is 4.79 Å². The lowest BCUT2D eigenvalue weighted by Gasteiger charge is -2.12. The number of anilines is 1. The third-order valence-electron chi connectivity index (χ3n) is 3.02. The van der Waals surface area contributed by atoms with E-state index in [0.29, 0.717) is 12.0 Å². The summed E-state index contributed by atoms with van der Waals surface area (Å²) < 4.78 is 37.6. The van der Waals surface area contributed by atoms with Gasteiger partial charge in [0.1, 0.15) is 0 Å². The molecule has 1 aliphatic rings. The molecule has 1 saturated carbocycles. The van der Waals surface area contributed by atoms with Crippen LogP contribution in [0.1, 0.15) is 35.2 Å². The van der Waals surface area contributed by atoms with Crippen LogP contribution < -0.4 is 5.32 Å². The SMILES string of the molecule is O=C(CC1CC1)Nc1ccc(C(F)(F)F)cc1C(=O)O. The minimum absolute atomic E-state index is 0.115. The van der Waals surface area contributed by atoms with Gasteiger partial charge in [0.2, 0.25) is 5.91 Å². The first-order valence-corrected chi connectivity index (χ1v) is 6.02. The summed E-state index contributed by atoms with van der Waals surface area (Å²) in [7, 11) is 0. The predicted molar refractivity (Wildman–Crippen MR) is 64.4 cm³/mol. The number of carboxylic acid groups (broad SMARTS) is 1. The molecule has 108 valence electrons. The summed E-state index contributed by atoms with van der Waals surface area (Å²) in [4.78, 5) is 22.6. The Bertz CT molecular complexity index is 550. The van der Waals surface area contributed by atoms with Gasteiger partial charge in [-0.25, -0.2) is 4.79 Å². The average molecular weight is 287 g/mol. The normalized spacial score (nSPS) is 14.9. The fourth-order valence-electron chi connectivity index (χ4n) is 1.79. The number of rotatable bonds is 4. The third kappa shape index (κ3) is 3.49. The monoisotopic (exact) mass is 287 g/mol. The highest BCUT2D eigenvalue weighted by atomic mass is 19.4. The molecular weight excluding hydrogens is 275 g/mol. The molecule has 20 heavy (non-hydrogen) atoms. The van der Waals surface area contributed by atoms with Gasteiger partial charge in [-0.05, 0) is 37.0 Å². The zero-order valence-corrected chi connectivity index (χ0v) is 10.3. The lowest BCUT2D eigenvalue weighted by molar-refractivity contribution is -0.137. The molecule has 1 fully saturated rings. The Kier molecular flexibility index (Phi) is 3.69. The number of hydrogen-bond donors (Lipinski definition) is 2. The summed E-state index contributed by atoms with van der Waals surface area (Å²) in [6.07, 6.45) is -2.46. The van der Waals surface area contributed by atoms with Gasteiger partial charge in [0.05, 0.1) is 16.8 Å². The number of aromatic carboxylic acids is 1. The molecule has 0 spiro atoms. The molecule has 4 nitrogen and oxygen atoms in total. The van der Waals surface area contributed by atoms with E-state index in [0.717, 1.165) is 25.0 Å². The van der Waals surface area contributed by atoms with Gasteiger partial charge in [0, 0.05) is 6.42 Å². The Morgan fingerprint density at radius 3 is 2.45 bits per heavy atom. The largest absolute Gasteiger partial charge is 0.478 e. The molecule has 7 heteroatoms. The van der Waals surface area contributed by atoms with Gasteiger partial charge in [0.15, 0.2) is 0 Å². The minimum Gasteiger partial charge on any atom is -0.478 e. The van der Waals surface area contributed by atoms with Crippen molar-refractivity contribution in [2.75, 3.05) is 5.32 Å². The topological polar surface area (TPSA) is 66.4 Å². The first-order valence-electron chi connectivity index (χ1n) is 6.02. The van der Waals surface area contributed by atoms with Crippen LogP contribution in [0.5, 0.6) is 0 Å². The number of benzene rings is 1. The Balaban J connectivity index is 2.23. The van der Waals surface area contributed by atoms with Crippen molar-refractivity contribution in [2.45, 2.75) is 25.4 Å². The maximum atomic E-state index is 12.5. The number of halogens is 3. The van der Waals surface area contributed by atoms with Crippen LogP contribution in [-0.2, 0) is 11.0 Å². The predicted octanol–water partition coefficient (Wildman–Crippen LogP) is 3.14. The van der Waals surface area contributed by atoms with Crippen LogP contribution in [0, 0.1) is 5.92 Å². The molecule has 0 atom stereocenters. The standard InChI is InChI=1S/C13H12F3NO3/c14-13(15,16)8-3-4-10(9(6-8)12(19)20)17-11(18)5-7-1-2-7/h3-4,6-7H,1-2,5H2,(H,17,18)(H,19,20). The summed E-state index contributed by atoms with van der Waals surface area (Å²) in [5.74, 6) is -1.59. The highest BCUT2D eigenvalue weighted by Gasteiger charge is 2.32. The Labute approximate surface area is 112 Å². The van der Waals surface area contributed by atoms with Gasteiger partial charge in [-0.2, -0.15) is 13.2 Å². The van der Waals surface area contributed by atoms with E-state index in [1.807, 2.05) is 0 Å². The Hall–Kier alpha value is -2.05. The van der Waals surface area contributed by atoms with Gasteiger partial charge >= 0.3 is 12.1 Å². The van der Waals surface area contributed by atoms with Crippen molar-refractivity contribution in [2.24, 2.45) is 5.92 Å². The van der Waals surface area contributed by atoms with Crippen LogP contribution in [-0.4, -0.2) is 17.0 Å². The minimum atomic E-state index is -4.62. The Morgan fingerprint density at radius 1 is 1.30 bits per heavy atom. The van der Waals surface area contributed by atoms with E-state index in [4.69, 9.17) is 5.11 Å². The highest BCUT2D eigenvalue weighted by molar-refractivity contribution is 6.00. The molecule has 2 N–H and O–H groups in total. The molecule has 0 aliphatic heterocycles. The first-order chi connectivity index (χ1) is 9.27. The Morgan fingerprint density at radius 2 is 1.95 bits per heavy atom. The maximum absolute atomic E-state index is 12.5. The third-order valence-corrected chi connectivity index (χ3v) is 3.02. The molecule has 1 amide bonds. The molecule has 1 aromatic carbocycles. The fourth-order valence-corrected chi connectivity index (χ4v) is 1.79. The average Bonchev–Trinajstić information content (AvgIpc) is 3.11. The fraction of sp³-hybridized carbons (Fsp3) is 0.385. The number of alkyl halides is 3. The van der Waals surface area contributed by atoms with Crippen molar-refractivity contribution in [3.05, 3.63) is 29.3 Å². The number of nitrogens with one attached hydrogen (secondary N) is 1. The van der Waals surface area contributed by atoms with Crippen LogP contribution in [0.25, 0.3) is 0 Å². The van der Waals surface area contributed by atoms with Gasteiger partial charge < -0.3 is 10.4 Å². The van der Waals surface area contributed by atoms with Crippen molar-refractivity contribution in [3.8, 4) is 0 Å². The number of carbonyl (C=O) groups excluding carboxylic acids is 1. The summed E-state index contributed by atoms with van der Waals surface area (Å²) in [6.45, 7) is 0. The van der Waals surface area contributed by atoms with Crippen LogP contribution in [0.15, 0.2) is 18.2 Å². The molecule has 0 radical (unpaired) electrons. The van der Waals surface area contributed by atoms with E-state index in [1.165, 1.54) is 0 Å². The van der Waals surface area contributed by atoms with Crippen LogP contribution in [0.3, 0.4) is 0 Å². The second-order valence-electron chi connectivity index (χ2n) is 4.76. The summed E-state index contributed by atoms with van der Waals surface area (Å²) >= 11 is 0. The lowest BCUT2D eigenvalue weighted by Crippen LogP contribution is -2.16. The van der Waals surface area contributed by atoms with Crippen LogP contribution >= 0.6 is 0 Å². The van der Waals surface area contributed by atoms with Crippen molar-refractivity contribution < 1.29 is 27.9 Å². The molecule has 0 bridgehead atoms. The van der Waals surface area contributed by atoms with E-state index in [1.54, 1.807) is 0 Å². The number of amides is 1. The number of carbonyl (C=O) groups is 2. The molecule has 1 aliphatic carbocycles. The first kappa shape index (κ1) is 14.4. The van der Waals surface area contributed by atoms with E-state index < -0.39 is 23.3 Å². The van der Waals surface area contributed by atoms with E-state index in [2.05, 4.69) is 5.32 Å². The smallest absolute Gasteiger partial charge is 0.416 e. The second-order valence-corrected chi connectivity index (χ2v) is 4.76. The molecule has 0 unspecified atom stereocenters. The lowest BCUT2D eigenvalue weighted by atomic mass is 10.1. The van der Waals surface area contributed by atoms with Crippen molar-refractivity contribution >= 4 is 17.6 Å². The maximum Gasteiger partial charge on any atom is 0.416 e. The van der Waals surface area contributed by atoms with Gasteiger partial charge in [-0.1, -0.05) is 0 Å².